The Morgan fingerprint density at radius 3 is 1.79 bits per heavy atom. The van der Waals surface area contributed by atoms with Crippen LogP contribution in [0.4, 0.5) is 11.6 Å². The molecule has 24 heavy (non-hydrogen) atoms. The molecule has 6 nitrogen and oxygen atoms in total. The first kappa shape index (κ1) is 17.4. The molecule has 0 radical (unpaired) electrons. The molecule has 3 heterocycles. The van der Waals surface area contributed by atoms with E-state index in [0.717, 1.165) is 63.9 Å². The van der Waals surface area contributed by atoms with E-state index in [1.54, 1.807) is 6.33 Å². The number of rotatable bonds is 4. The average Bonchev–Trinajstić information content (AvgIpc) is 2.62. The molecule has 0 amide bonds. The fraction of sp³-hybridized carbons (Fsp3) is 0.778. The van der Waals surface area contributed by atoms with Crippen LogP contribution in [-0.4, -0.2) is 60.6 Å². The van der Waals surface area contributed by atoms with Gasteiger partial charge >= 0.3 is 0 Å². The number of morpholine rings is 2. The van der Waals surface area contributed by atoms with Gasteiger partial charge in [0.1, 0.15) is 18.0 Å². The molecule has 1 aromatic rings. The Labute approximate surface area is 145 Å². The van der Waals surface area contributed by atoms with E-state index in [4.69, 9.17) is 9.47 Å². The Kier molecular flexibility index (Phi) is 4.97. The molecular weight excluding hydrogens is 304 g/mol. The first-order valence-electron chi connectivity index (χ1n) is 9.07. The highest BCUT2D eigenvalue weighted by Crippen LogP contribution is 2.28. The SMILES string of the molecule is CCC1(C)CN(c2cc(N3CCOC(C)(CC)C3)ncn2)CCO1. The highest BCUT2D eigenvalue weighted by molar-refractivity contribution is 5.51. The van der Waals surface area contributed by atoms with Crippen LogP contribution in [0, 0.1) is 0 Å². The van der Waals surface area contributed by atoms with Gasteiger partial charge in [-0.2, -0.15) is 0 Å². The van der Waals surface area contributed by atoms with Crippen LogP contribution in [0.25, 0.3) is 0 Å². The lowest BCUT2D eigenvalue weighted by Crippen LogP contribution is -2.51. The summed E-state index contributed by atoms with van der Waals surface area (Å²) in [6.07, 6.45) is 3.68. The Morgan fingerprint density at radius 1 is 0.917 bits per heavy atom. The summed E-state index contributed by atoms with van der Waals surface area (Å²) in [5.74, 6) is 1.99. The molecule has 2 saturated heterocycles. The summed E-state index contributed by atoms with van der Waals surface area (Å²) >= 11 is 0. The second-order valence-electron chi connectivity index (χ2n) is 7.38. The number of nitrogens with zero attached hydrogens (tertiary/aromatic N) is 4. The zero-order valence-corrected chi connectivity index (χ0v) is 15.4. The maximum atomic E-state index is 5.94. The number of hydrogen-bond donors (Lipinski definition) is 0. The van der Waals surface area contributed by atoms with Gasteiger partial charge in [-0.3, -0.25) is 0 Å². The van der Waals surface area contributed by atoms with Crippen LogP contribution in [0.15, 0.2) is 12.4 Å². The van der Waals surface area contributed by atoms with Gasteiger partial charge in [0.25, 0.3) is 0 Å². The largest absolute Gasteiger partial charge is 0.372 e. The Bertz CT molecular complexity index is 524. The smallest absolute Gasteiger partial charge is 0.134 e. The van der Waals surface area contributed by atoms with Gasteiger partial charge in [0, 0.05) is 32.2 Å². The molecule has 0 spiro atoms. The fourth-order valence-corrected chi connectivity index (χ4v) is 3.36. The number of ether oxygens (including phenoxy) is 2. The summed E-state index contributed by atoms with van der Waals surface area (Å²) in [6.45, 7) is 13.7. The molecule has 2 atom stereocenters. The van der Waals surface area contributed by atoms with Gasteiger partial charge in [0.15, 0.2) is 0 Å². The predicted molar refractivity (Wildman–Crippen MR) is 95.8 cm³/mol. The first-order valence-corrected chi connectivity index (χ1v) is 9.07. The second kappa shape index (κ2) is 6.84. The number of aromatic nitrogens is 2. The van der Waals surface area contributed by atoms with Gasteiger partial charge in [-0.1, -0.05) is 13.8 Å². The van der Waals surface area contributed by atoms with Crippen LogP contribution in [-0.2, 0) is 9.47 Å². The molecule has 0 bridgehead atoms. The van der Waals surface area contributed by atoms with E-state index < -0.39 is 0 Å². The van der Waals surface area contributed by atoms with Gasteiger partial charge in [-0.25, -0.2) is 9.97 Å². The van der Waals surface area contributed by atoms with Gasteiger partial charge in [0.2, 0.25) is 0 Å². The Morgan fingerprint density at radius 2 is 1.38 bits per heavy atom. The van der Waals surface area contributed by atoms with E-state index in [1.165, 1.54) is 0 Å². The van der Waals surface area contributed by atoms with Crippen molar-refractivity contribution in [1.29, 1.82) is 0 Å². The molecule has 3 rings (SSSR count). The lowest BCUT2D eigenvalue weighted by Gasteiger charge is -2.42. The van der Waals surface area contributed by atoms with E-state index >= 15 is 0 Å². The van der Waals surface area contributed by atoms with Crippen molar-refractivity contribution in [2.45, 2.75) is 51.7 Å². The van der Waals surface area contributed by atoms with E-state index in [0.29, 0.717) is 0 Å². The van der Waals surface area contributed by atoms with Crippen molar-refractivity contribution in [3.05, 3.63) is 12.4 Å². The topological polar surface area (TPSA) is 50.7 Å². The first-order chi connectivity index (χ1) is 11.5. The third kappa shape index (κ3) is 3.64. The molecule has 2 aliphatic heterocycles. The van der Waals surface area contributed by atoms with Crippen LogP contribution in [0.5, 0.6) is 0 Å². The second-order valence-corrected chi connectivity index (χ2v) is 7.38. The molecule has 0 saturated carbocycles. The molecule has 2 unspecified atom stereocenters. The minimum absolute atomic E-state index is 0.0941. The normalized spacial score (nSPS) is 31.3. The summed E-state index contributed by atoms with van der Waals surface area (Å²) in [5.41, 5.74) is -0.188. The van der Waals surface area contributed by atoms with Crippen LogP contribution >= 0.6 is 0 Å². The van der Waals surface area contributed by atoms with Crippen molar-refractivity contribution < 1.29 is 9.47 Å². The fourth-order valence-electron chi connectivity index (χ4n) is 3.36. The minimum Gasteiger partial charge on any atom is -0.372 e. The number of hydrogen-bond acceptors (Lipinski definition) is 6. The maximum Gasteiger partial charge on any atom is 0.134 e. The van der Waals surface area contributed by atoms with Crippen molar-refractivity contribution in [2.24, 2.45) is 0 Å². The lowest BCUT2D eigenvalue weighted by molar-refractivity contribution is -0.0444. The minimum atomic E-state index is -0.0941. The molecule has 1 aromatic heterocycles. The Hall–Kier alpha value is -1.40. The zero-order valence-electron chi connectivity index (χ0n) is 15.4. The summed E-state index contributed by atoms with van der Waals surface area (Å²) in [5, 5.41) is 0. The maximum absolute atomic E-state index is 5.94. The molecular formula is C18H30N4O2. The molecule has 6 heteroatoms. The van der Waals surface area contributed by atoms with Crippen LogP contribution in [0.1, 0.15) is 40.5 Å². The van der Waals surface area contributed by atoms with E-state index in [-0.39, 0.29) is 11.2 Å². The van der Waals surface area contributed by atoms with Crippen molar-refractivity contribution >= 4 is 11.6 Å². The Balaban J connectivity index is 1.77. The third-order valence-corrected chi connectivity index (χ3v) is 5.46. The highest BCUT2D eigenvalue weighted by atomic mass is 16.5. The molecule has 2 fully saturated rings. The third-order valence-electron chi connectivity index (χ3n) is 5.46. The van der Waals surface area contributed by atoms with Crippen LogP contribution in [0.3, 0.4) is 0 Å². The van der Waals surface area contributed by atoms with Crippen LogP contribution in [0.2, 0.25) is 0 Å². The van der Waals surface area contributed by atoms with Gasteiger partial charge in [-0.05, 0) is 26.7 Å². The summed E-state index contributed by atoms with van der Waals surface area (Å²) < 4.78 is 11.9. The predicted octanol–water partition coefficient (Wildman–Crippen LogP) is 2.49. The summed E-state index contributed by atoms with van der Waals surface area (Å²) in [4.78, 5) is 13.7. The van der Waals surface area contributed by atoms with Crippen molar-refractivity contribution in [1.82, 2.24) is 9.97 Å². The van der Waals surface area contributed by atoms with Gasteiger partial charge in [0.05, 0.1) is 24.4 Å². The monoisotopic (exact) mass is 334 g/mol. The molecule has 0 aliphatic carbocycles. The molecule has 2 aliphatic rings. The quantitative estimate of drug-likeness (QED) is 0.843. The molecule has 134 valence electrons. The average molecular weight is 334 g/mol. The lowest BCUT2D eigenvalue weighted by atomic mass is 10.0. The zero-order chi connectivity index (χ0) is 17.2. The van der Waals surface area contributed by atoms with Crippen LogP contribution < -0.4 is 9.80 Å². The molecule has 0 N–H and O–H groups in total. The summed E-state index contributed by atoms with van der Waals surface area (Å²) in [6, 6.07) is 2.11. The standard InChI is InChI=1S/C18H30N4O2/c1-5-17(3)12-21(7-9-23-17)15-11-16(20-14-19-15)22-8-10-24-18(4,6-2)13-22/h11,14H,5-10,12-13H2,1-4H3. The van der Waals surface area contributed by atoms with Gasteiger partial charge < -0.3 is 19.3 Å². The van der Waals surface area contributed by atoms with Crippen molar-refractivity contribution in [3.63, 3.8) is 0 Å². The summed E-state index contributed by atoms with van der Waals surface area (Å²) in [7, 11) is 0. The van der Waals surface area contributed by atoms with E-state index in [1.807, 2.05) is 0 Å². The van der Waals surface area contributed by atoms with E-state index in [9.17, 15) is 0 Å². The van der Waals surface area contributed by atoms with Gasteiger partial charge in [-0.15, -0.1) is 0 Å². The highest BCUT2D eigenvalue weighted by Gasteiger charge is 2.33. The van der Waals surface area contributed by atoms with Crippen molar-refractivity contribution in [3.8, 4) is 0 Å². The number of anilines is 2. The van der Waals surface area contributed by atoms with Crippen molar-refractivity contribution in [2.75, 3.05) is 49.2 Å². The molecule has 0 aromatic carbocycles. The van der Waals surface area contributed by atoms with E-state index in [2.05, 4.69) is 53.5 Å².